The molecule has 23 heavy (non-hydrogen) atoms. The minimum absolute atomic E-state index is 0.0969. The third kappa shape index (κ3) is 5.11. The van der Waals surface area contributed by atoms with Gasteiger partial charge in [-0.15, -0.1) is 0 Å². The van der Waals surface area contributed by atoms with Crippen LogP contribution in [0.1, 0.15) is 29.3 Å². The van der Waals surface area contributed by atoms with Crippen molar-refractivity contribution in [3.8, 4) is 5.75 Å². The zero-order chi connectivity index (χ0) is 16.7. The molecule has 2 rings (SSSR count). The van der Waals surface area contributed by atoms with Crippen LogP contribution in [0.4, 0.5) is 5.69 Å². The number of nitrogens with two attached hydrogens (primary N) is 1. The number of carbonyl (C=O) groups is 1. The standard InChI is InChI=1S/C19H24N2O2/c1-3-23-19-10-9-16(13-17(19)20)18(22)11-12-21(2)14-15-7-5-4-6-8-15/h4-10,13H,3,11-12,14,20H2,1-2H3. The fourth-order valence-electron chi connectivity index (χ4n) is 2.42. The average Bonchev–Trinajstić information content (AvgIpc) is 2.55. The number of nitrogen functional groups attached to an aromatic ring is 1. The second-order valence-electron chi connectivity index (χ2n) is 5.58. The SMILES string of the molecule is CCOc1ccc(C(=O)CCN(C)Cc2ccccc2)cc1N. The van der Waals surface area contributed by atoms with E-state index in [9.17, 15) is 4.79 Å². The number of anilines is 1. The van der Waals surface area contributed by atoms with Crippen LogP contribution in [0.15, 0.2) is 48.5 Å². The summed E-state index contributed by atoms with van der Waals surface area (Å²) in [5.41, 5.74) is 8.31. The Morgan fingerprint density at radius 2 is 1.91 bits per heavy atom. The maximum atomic E-state index is 12.3. The molecule has 2 aromatic carbocycles. The first-order valence-electron chi connectivity index (χ1n) is 7.88. The van der Waals surface area contributed by atoms with Gasteiger partial charge in [0.1, 0.15) is 5.75 Å². The number of hydrogen-bond donors (Lipinski definition) is 1. The van der Waals surface area contributed by atoms with Crippen LogP contribution in [-0.2, 0) is 6.54 Å². The van der Waals surface area contributed by atoms with Crippen LogP contribution in [-0.4, -0.2) is 30.9 Å². The molecule has 2 aromatic rings. The maximum Gasteiger partial charge on any atom is 0.164 e. The van der Waals surface area contributed by atoms with E-state index >= 15 is 0 Å². The summed E-state index contributed by atoms with van der Waals surface area (Å²) in [5, 5.41) is 0. The summed E-state index contributed by atoms with van der Waals surface area (Å²) in [5.74, 6) is 0.727. The number of benzene rings is 2. The quantitative estimate of drug-likeness (QED) is 0.600. The van der Waals surface area contributed by atoms with Crippen molar-refractivity contribution >= 4 is 11.5 Å². The van der Waals surface area contributed by atoms with Crippen LogP contribution in [0.3, 0.4) is 0 Å². The van der Waals surface area contributed by atoms with Crippen LogP contribution in [0.25, 0.3) is 0 Å². The van der Waals surface area contributed by atoms with Crippen LogP contribution in [0.5, 0.6) is 5.75 Å². The molecule has 0 saturated heterocycles. The molecule has 2 N–H and O–H groups in total. The van der Waals surface area contributed by atoms with Crippen molar-refractivity contribution in [2.75, 3.05) is 25.9 Å². The summed E-state index contributed by atoms with van der Waals surface area (Å²) in [6, 6.07) is 15.5. The highest BCUT2D eigenvalue weighted by molar-refractivity contribution is 5.97. The van der Waals surface area contributed by atoms with Crippen molar-refractivity contribution in [1.29, 1.82) is 0 Å². The lowest BCUT2D eigenvalue weighted by Gasteiger charge is -2.16. The van der Waals surface area contributed by atoms with Crippen molar-refractivity contribution in [3.63, 3.8) is 0 Å². The molecular formula is C19H24N2O2. The number of ketones is 1. The Balaban J connectivity index is 1.88. The zero-order valence-corrected chi connectivity index (χ0v) is 13.8. The van der Waals surface area contributed by atoms with Gasteiger partial charge in [-0.1, -0.05) is 30.3 Å². The van der Waals surface area contributed by atoms with Gasteiger partial charge in [0.25, 0.3) is 0 Å². The molecule has 122 valence electrons. The van der Waals surface area contributed by atoms with E-state index in [4.69, 9.17) is 10.5 Å². The predicted molar refractivity (Wildman–Crippen MR) is 93.7 cm³/mol. The molecule has 0 aromatic heterocycles. The molecule has 0 saturated carbocycles. The van der Waals surface area contributed by atoms with Crippen molar-refractivity contribution in [3.05, 3.63) is 59.7 Å². The molecular weight excluding hydrogens is 288 g/mol. The third-order valence-electron chi connectivity index (χ3n) is 3.65. The average molecular weight is 312 g/mol. The zero-order valence-electron chi connectivity index (χ0n) is 13.8. The van der Waals surface area contributed by atoms with Crippen molar-refractivity contribution < 1.29 is 9.53 Å². The molecule has 0 aliphatic rings. The molecule has 0 bridgehead atoms. The van der Waals surface area contributed by atoms with E-state index < -0.39 is 0 Å². The van der Waals surface area contributed by atoms with Gasteiger partial charge in [-0.25, -0.2) is 0 Å². The minimum Gasteiger partial charge on any atom is -0.492 e. The highest BCUT2D eigenvalue weighted by atomic mass is 16.5. The normalized spacial score (nSPS) is 10.7. The van der Waals surface area contributed by atoms with Gasteiger partial charge in [0.2, 0.25) is 0 Å². The van der Waals surface area contributed by atoms with Crippen LogP contribution in [0.2, 0.25) is 0 Å². The largest absolute Gasteiger partial charge is 0.492 e. The first kappa shape index (κ1) is 17.0. The van der Waals surface area contributed by atoms with Crippen LogP contribution >= 0.6 is 0 Å². The van der Waals surface area contributed by atoms with Gasteiger partial charge in [0.15, 0.2) is 5.78 Å². The van der Waals surface area contributed by atoms with Crippen molar-refractivity contribution in [2.24, 2.45) is 0 Å². The Hall–Kier alpha value is -2.33. The Morgan fingerprint density at radius 1 is 1.17 bits per heavy atom. The molecule has 0 heterocycles. The Bertz CT molecular complexity index is 641. The monoisotopic (exact) mass is 312 g/mol. The molecule has 0 radical (unpaired) electrons. The van der Waals surface area contributed by atoms with Gasteiger partial charge >= 0.3 is 0 Å². The smallest absolute Gasteiger partial charge is 0.164 e. The lowest BCUT2D eigenvalue weighted by Crippen LogP contribution is -2.21. The number of hydrogen-bond acceptors (Lipinski definition) is 4. The van der Waals surface area contributed by atoms with Crippen LogP contribution in [0, 0.1) is 0 Å². The minimum atomic E-state index is 0.0969. The molecule has 0 atom stereocenters. The van der Waals surface area contributed by atoms with Gasteiger partial charge in [-0.05, 0) is 37.7 Å². The number of Topliss-reactive ketones (excluding diaryl/α,β-unsaturated/α-hetero) is 1. The van der Waals surface area contributed by atoms with Gasteiger partial charge in [-0.2, -0.15) is 0 Å². The van der Waals surface area contributed by atoms with E-state index in [-0.39, 0.29) is 5.78 Å². The number of ether oxygens (including phenoxy) is 1. The van der Waals surface area contributed by atoms with E-state index in [2.05, 4.69) is 17.0 Å². The van der Waals surface area contributed by atoms with E-state index in [1.165, 1.54) is 5.56 Å². The third-order valence-corrected chi connectivity index (χ3v) is 3.65. The molecule has 0 aliphatic carbocycles. The first-order valence-corrected chi connectivity index (χ1v) is 7.88. The lowest BCUT2D eigenvalue weighted by atomic mass is 10.1. The van der Waals surface area contributed by atoms with Crippen LogP contribution < -0.4 is 10.5 Å². The van der Waals surface area contributed by atoms with Crippen molar-refractivity contribution in [1.82, 2.24) is 4.90 Å². The van der Waals surface area contributed by atoms with Gasteiger partial charge in [0.05, 0.1) is 12.3 Å². The molecule has 4 nitrogen and oxygen atoms in total. The molecule has 0 unspecified atom stereocenters. The van der Waals surface area contributed by atoms with Gasteiger partial charge < -0.3 is 15.4 Å². The summed E-state index contributed by atoms with van der Waals surface area (Å²) in [7, 11) is 2.02. The molecule has 0 amide bonds. The summed E-state index contributed by atoms with van der Waals surface area (Å²) in [4.78, 5) is 14.4. The molecule has 0 spiro atoms. The summed E-state index contributed by atoms with van der Waals surface area (Å²) >= 11 is 0. The summed E-state index contributed by atoms with van der Waals surface area (Å²) < 4.78 is 5.39. The molecule has 0 aliphatic heterocycles. The highest BCUT2D eigenvalue weighted by Crippen LogP contribution is 2.23. The summed E-state index contributed by atoms with van der Waals surface area (Å²) in [6.07, 6.45) is 0.469. The van der Waals surface area contributed by atoms with E-state index in [1.54, 1.807) is 18.2 Å². The molecule has 4 heteroatoms. The Morgan fingerprint density at radius 3 is 2.57 bits per heavy atom. The lowest BCUT2D eigenvalue weighted by molar-refractivity contribution is 0.0968. The Kier molecular flexibility index (Phi) is 6.18. The summed E-state index contributed by atoms with van der Waals surface area (Å²) in [6.45, 7) is 4.00. The number of rotatable bonds is 8. The fraction of sp³-hybridized carbons (Fsp3) is 0.316. The maximum absolute atomic E-state index is 12.3. The van der Waals surface area contributed by atoms with E-state index in [1.807, 2.05) is 32.2 Å². The predicted octanol–water partition coefficient (Wildman–Crippen LogP) is 3.37. The Labute approximate surface area is 137 Å². The second-order valence-corrected chi connectivity index (χ2v) is 5.58. The van der Waals surface area contributed by atoms with Crippen molar-refractivity contribution in [2.45, 2.75) is 19.9 Å². The topological polar surface area (TPSA) is 55.6 Å². The van der Waals surface area contributed by atoms with E-state index in [0.29, 0.717) is 36.6 Å². The molecule has 0 fully saturated rings. The van der Waals surface area contributed by atoms with Gasteiger partial charge in [-0.3, -0.25) is 4.79 Å². The number of carbonyl (C=O) groups excluding carboxylic acids is 1. The number of nitrogens with zero attached hydrogens (tertiary/aromatic N) is 1. The second kappa shape index (κ2) is 8.34. The van der Waals surface area contributed by atoms with Gasteiger partial charge in [0, 0.05) is 25.1 Å². The first-order chi connectivity index (χ1) is 11.1. The highest BCUT2D eigenvalue weighted by Gasteiger charge is 2.10. The van der Waals surface area contributed by atoms with E-state index in [0.717, 1.165) is 6.54 Å². The fourth-order valence-corrected chi connectivity index (χ4v) is 2.42.